The van der Waals surface area contributed by atoms with Gasteiger partial charge in [-0.25, -0.2) is 0 Å². The van der Waals surface area contributed by atoms with Crippen LogP contribution in [0.2, 0.25) is 0 Å². The molecule has 102 valence electrons. The Labute approximate surface area is 104 Å². The molecule has 0 aliphatic heterocycles. The summed E-state index contributed by atoms with van der Waals surface area (Å²) in [5.74, 6) is 0.436. The molecule has 0 fully saturated rings. The van der Waals surface area contributed by atoms with Gasteiger partial charge in [0.25, 0.3) is 0 Å². The molecule has 0 saturated heterocycles. The topological polar surface area (TPSA) is 26.3 Å². The van der Waals surface area contributed by atoms with E-state index in [2.05, 4.69) is 0 Å². The van der Waals surface area contributed by atoms with Crippen LogP contribution in [0.15, 0.2) is 0 Å². The van der Waals surface area contributed by atoms with Crippen molar-refractivity contribution in [3.8, 4) is 0 Å². The summed E-state index contributed by atoms with van der Waals surface area (Å²) < 4.78 is 40.3. The summed E-state index contributed by atoms with van der Waals surface area (Å²) in [6.45, 7) is 3.85. The van der Waals surface area contributed by atoms with Crippen molar-refractivity contribution in [2.75, 3.05) is 12.4 Å². The number of unbranched alkanes of at least 4 members (excludes halogenated alkanes) is 2. The summed E-state index contributed by atoms with van der Waals surface area (Å²) in [5, 5.41) is -0.238. The van der Waals surface area contributed by atoms with Crippen LogP contribution >= 0.6 is 11.8 Å². The lowest BCUT2D eigenvalue weighted by molar-refractivity contribution is -0.142. The van der Waals surface area contributed by atoms with Gasteiger partial charge >= 0.3 is 12.1 Å². The Morgan fingerprint density at radius 2 is 1.94 bits per heavy atom. The van der Waals surface area contributed by atoms with E-state index in [0.29, 0.717) is 25.2 Å². The Hall–Kier alpha value is -0.390. The fourth-order valence-electron chi connectivity index (χ4n) is 1.19. The molecule has 0 aromatic rings. The lowest BCUT2D eigenvalue weighted by Gasteiger charge is -2.10. The zero-order chi connectivity index (χ0) is 13.3. The van der Waals surface area contributed by atoms with Crippen LogP contribution in [0, 0.1) is 0 Å². The van der Waals surface area contributed by atoms with E-state index in [1.54, 1.807) is 13.8 Å². The number of esters is 1. The zero-order valence-electron chi connectivity index (χ0n) is 10.2. The second-order valence-electron chi connectivity index (χ2n) is 3.69. The highest BCUT2D eigenvalue weighted by molar-refractivity contribution is 8.00. The standard InChI is InChI=1S/C11H19F3O2S/c1-3-16-10(15)9(2)17-8-6-4-5-7-11(12,13)14/h9H,3-8H2,1-2H3. The van der Waals surface area contributed by atoms with E-state index in [4.69, 9.17) is 4.74 Å². The average Bonchev–Trinajstić information content (AvgIpc) is 2.21. The van der Waals surface area contributed by atoms with Crippen LogP contribution in [-0.4, -0.2) is 29.8 Å². The molecule has 6 heteroatoms. The molecular formula is C11H19F3O2S. The van der Waals surface area contributed by atoms with E-state index in [9.17, 15) is 18.0 Å². The highest BCUT2D eigenvalue weighted by atomic mass is 32.2. The van der Waals surface area contributed by atoms with Crippen molar-refractivity contribution in [2.24, 2.45) is 0 Å². The van der Waals surface area contributed by atoms with Gasteiger partial charge in [0.1, 0.15) is 0 Å². The molecule has 0 aromatic carbocycles. The first-order valence-corrected chi connectivity index (χ1v) is 6.76. The minimum absolute atomic E-state index is 0.165. The van der Waals surface area contributed by atoms with E-state index >= 15 is 0 Å². The van der Waals surface area contributed by atoms with Gasteiger partial charge < -0.3 is 4.74 Å². The third-order valence-electron chi connectivity index (χ3n) is 2.09. The first-order chi connectivity index (χ1) is 7.87. The van der Waals surface area contributed by atoms with E-state index in [1.807, 2.05) is 0 Å². The predicted molar refractivity (Wildman–Crippen MR) is 63.1 cm³/mol. The molecule has 17 heavy (non-hydrogen) atoms. The molecule has 0 amide bonds. The molecule has 1 atom stereocenters. The normalized spacial score (nSPS) is 13.5. The molecule has 0 N–H and O–H groups in total. The van der Waals surface area contributed by atoms with Crippen molar-refractivity contribution in [2.45, 2.75) is 51.0 Å². The van der Waals surface area contributed by atoms with Gasteiger partial charge in [0.05, 0.1) is 11.9 Å². The van der Waals surface area contributed by atoms with Crippen LogP contribution in [0.25, 0.3) is 0 Å². The SMILES string of the molecule is CCOC(=O)C(C)SCCCCCC(F)(F)F. The minimum Gasteiger partial charge on any atom is -0.465 e. The van der Waals surface area contributed by atoms with Crippen LogP contribution in [0.1, 0.15) is 39.5 Å². The summed E-state index contributed by atoms with van der Waals surface area (Å²) in [4.78, 5) is 11.2. The maximum Gasteiger partial charge on any atom is 0.389 e. The van der Waals surface area contributed by atoms with Crippen LogP contribution in [0.4, 0.5) is 13.2 Å². The summed E-state index contributed by atoms with van der Waals surface area (Å²) in [6.07, 6.45) is -3.36. The van der Waals surface area contributed by atoms with Crippen LogP contribution < -0.4 is 0 Å². The van der Waals surface area contributed by atoms with Gasteiger partial charge in [0.2, 0.25) is 0 Å². The van der Waals surface area contributed by atoms with Gasteiger partial charge in [-0.2, -0.15) is 13.2 Å². The Balaban J connectivity index is 3.42. The number of hydrogen-bond donors (Lipinski definition) is 0. The van der Waals surface area contributed by atoms with Gasteiger partial charge in [0, 0.05) is 6.42 Å². The molecule has 0 rings (SSSR count). The first kappa shape index (κ1) is 16.6. The monoisotopic (exact) mass is 272 g/mol. The number of halogens is 3. The Morgan fingerprint density at radius 3 is 2.47 bits per heavy atom. The summed E-state index contributed by atoms with van der Waals surface area (Å²) >= 11 is 1.43. The number of carbonyl (C=O) groups excluding carboxylic acids is 1. The third kappa shape index (κ3) is 10.5. The summed E-state index contributed by atoms with van der Waals surface area (Å²) in [7, 11) is 0. The van der Waals surface area contributed by atoms with E-state index in [0.717, 1.165) is 0 Å². The number of carbonyl (C=O) groups is 1. The highest BCUT2D eigenvalue weighted by Crippen LogP contribution is 2.23. The Bertz CT molecular complexity index is 219. The molecule has 0 heterocycles. The van der Waals surface area contributed by atoms with Gasteiger partial charge in [-0.3, -0.25) is 4.79 Å². The van der Waals surface area contributed by atoms with E-state index < -0.39 is 12.6 Å². The summed E-state index contributed by atoms with van der Waals surface area (Å²) in [5.41, 5.74) is 0. The number of alkyl halides is 3. The van der Waals surface area contributed by atoms with Crippen LogP contribution in [0.5, 0.6) is 0 Å². The van der Waals surface area contributed by atoms with Crippen molar-refractivity contribution in [3.05, 3.63) is 0 Å². The molecule has 0 aliphatic carbocycles. The lowest BCUT2D eigenvalue weighted by Crippen LogP contribution is -2.17. The van der Waals surface area contributed by atoms with Gasteiger partial charge in [0.15, 0.2) is 0 Å². The van der Waals surface area contributed by atoms with Crippen molar-refractivity contribution < 1.29 is 22.7 Å². The predicted octanol–water partition coefficient (Wildman–Crippen LogP) is 3.79. The number of thioether (sulfide) groups is 1. The lowest BCUT2D eigenvalue weighted by atomic mass is 10.2. The average molecular weight is 272 g/mol. The molecule has 2 nitrogen and oxygen atoms in total. The van der Waals surface area contributed by atoms with Crippen LogP contribution in [-0.2, 0) is 9.53 Å². The second-order valence-corrected chi connectivity index (χ2v) is 5.14. The number of hydrogen-bond acceptors (Lipinski definition) is 3. The zero-order valence-corrected chi connectivity index (χ0v) is 11.0. The largest absolute Gasteiger partial charge is 0.465 e. The van der Waals surface area contributed by atoms with Crippen molar-refractivity contribution in [1.29, 1.82) is 0 Å². The smallest absolute Gasteiger partial charge is 0.389 e. The van der Waals surface area contributed by atoms with E-state index in [-0.39, 0.29) is 17.6 Å². The fraction of sp³-hybridized carbons (Fsp3) is 0.909. The number of ether oxygens (including phenoxy) is 1. The molecule has 1 unspecified atom stereocenters. The van der Waals surface area contributed by atoms with Crippen LogP contribution in [0.3, 0.4) is 0 Å². The first-order valence-electron chi connectivity index (χ1n) is 5.71. The molecule has 0 aromatic heterocycles. The summed E-state index contributed by atoms with van der Waals surface area (Å²) in [6, 6.07) is 0. The fourth-order valence-corrected chi connectivity index (χ4v) is 2.12. The Morgan fingerprint density at radius 1 is 1.29 bits per heavy atom. The Kier molecular flexibility index (Phi) is 8.47. The second kappa shape index (κ2) is 8.66. The van der Waals surface area contributed by atoms with Gasteiger partial charge in [-0.1, -0.05) is 6.42 Å². The quantitative estimate of drug-likeness (QED) is 0.496. The third-order valence-corrected chi connectivity index (χ3v) is 3.31. The number of rotatable bonds is 8. The van der Waals surface area contributed by atoms with Gasteiger partial charge in [-0.15, -0.1) is 11.8 Å². The molecule has 0 radical (unpaired) electrons. The van der Waals surface area contributed by atoms with Crippen molar-refractivity contribution >= 4 is 17.7 Å². The van der Waals surface area contributed by atoms with Crippen molar-refractivity contribution in [3.63, 3.8) is 0 Å². The van der Waals surface area contributed by atoms with Crippen molar-refractivity contribution in [1.82, 2.24) is 0 Å². The highest BCUT2D eigenvalue weighted by Gasteiger charge is 2.25. The molecule has 0 bridgehead atoms. The maximum absolute atomic E-state index is 11.8. The molecular weight excluding hydrogens is 253 g/mol. The molecule has 0 saturated carbocycles. The van der Waals surface area contributed by atoms with E-state index in [1.165, 1.54) is 11.8 Å². The minimum atomic E-state index is -4.05. The van der Waals surface area contributed by atoms with Gasteiger partial charge in [-0.05, 0) is 32.4 Å². The molecule has 0 aliphatic rings. The maximum atomic E-state index is 11.8. The molecule has 0 spiro atoms.